The van der Waals surface area contributed by atoms with Gasteiger partial charge in [0.25, 0.3) is 0 Å². The molecule has 3 unspecified atom stereocenters. The van der Waals surface area contributed by atoms with Crippen LogP contribution in [-0.2, 0) is 0 Å². The maximum atomic E-state index is 9.36. The summed E-state index contributed by atoms with van der Waals surface area (Å²) in [6, 6.07) is 0. The molecule has 0 bridgehead atoms. The number of hydrogen-bond donors (Lipinski definition) is 2. The van der Waals surface area contributed by atoms with Crippen molar-refractivity contribution in [3.8, 4) is 0 Å². The normalized spacial score (nSPS) is 38.8. The summed E-state index contributed by atoms with van der Waals surface area (Å²) in [7, 11) is 0. The summed E-state index contributed by atoms with van der Waals surface area (Å²) in [5.74, 6) is 1.58. The van der Waals surface area contributed by atoms with Gasteiger partial charge in [-0.25, -0.2) is 0 Å². The molecule has 18 heavy (non-hydrogen) atoms. The van der Waals surface area contributed by atoms with Gasteiger partial charge in [-0.1, -0.05) is 27.7 Å². The molecule has 0 saturated heterocycles. The Morgan fingerprint density at radius 3 is 2.61 bits per heavy atom. The van der Waals surface area contributed by atoms with E-state index in [9.17, 15) is 10.2 Å². The van der Waals surface area contributed by atoms with Crippen LogP contribution in [0.4, 0.5) is 0 Å². The standard InChI is InChI=1S/C14H24O2.C2H6/c1-10(8-15)12-5-6-13-11(9-16)4-3-7-14(12,13)2;1-2/h9-10,12-13,15-16H,3-8H2,1-2H3;1-2H3/b11-9+;/t10-,12?,13?,14?;/m1./s1. The van der Waals surface area contributed by atoms with Crippen molar-refractivity contribution in [2.24, 2.45) is 23.2 Å². The first kappa shape index (κ1) is 15.6. The van der Waals surface area contributed by atoms with Crippen LogP contribution in [0.15, 0.2) is 11.8 Å². The minimum Gasteiger partial charge on any atom is -0.516 e. The number of rotatable bonds is 2. The lowest BCUT2D eigenvalue weighted by atomic mass is 9.61. The number of fused-ring (bicyclic) bond motifs is 1. The first-order chi connectivity index (χ1) is 8.63. The molecule has 0 radical (unpaired) electrons. The zero-order chi connectivity index (χ0) is 13.8. The first-order valence-corrected chi connectivity index (χ1v) is 7.57. The quantitative estimate of drug-likeness (QED) is 0.721. The smallest absolute Gasteiger partial charge is 0.0786 e. The average Bonchev–Trinajstić information content (AvgIpc) is 2.77. The van der Waals surface area contributed by atoms with E-state index in [2.05, 4.69) is 13.8 Å². The van der Waals surface area contributed by atoms with Crippen molar-refractivity contribution in [2.75, 3.05) is 6.61 Å². The van der Waals surface area contributed by atoms with Crippen LogP contribution in [0, 0.1) is 23.2 Å². The van der Waals surface area contributed by atoms with Crippen molar-refractivity contribution >= 4 is 0 Å². The summed E-state index contributed by atoms with van der Waals surface area (Å²) in [4.78, 5) is 0. The molecule has 2 fully saturated rings. The lowest BCUT2D eigenvalue weighted by Crippen LogP contribution is -2.36. The van der Waals surface area contributed by atoms with Crippen molar-refractivity contribution in [1.29, 1.82) is 0 Å². The second-order valence-corrected chi connectivity index (χ2v) is 5.96. The Kier molecular flexibility index (Phi) is 5.71. The lowest BCUT2D eigenvalue weighted by molar-refractivity contribution is 0.0678. The fourth-order valence-electron chi connectivity index (χ4n) is 4.30. The van der Waals surface area contributed by atoms with Gasteiger partial charge in [-0.15, -0.1) is 0 Å². The Balaban J connectivity index is 0.000000771. The van der Waals surface area contributed by atoms with Crippen LogP contribution in [0.5, 0.6) is 0 Å². The van der Waals surface area contributed by atoms with Gasteiger partial charge in [-0.2, -0.15) is 0 Å². The topological polar surface area (TPSA) is 40.5 Å². The number of hydrogen-bond acceptors (Lipinski definition) is 2. The zero-order valence-corrected chi connectivity index (χ0v) is 12.4. The Bertz CT molecular complexity index is 285. The SMILES string of the molecule is CC.C[C@H](CO)C1CCC2/C(=C/O)CCCC21C. The summed E-state index contributed by atoms with van der Waals surface area (Å²) in [5, 5.41) is 18.7. The van der Waals surface area contributed by atoms with E-state index in [1.807, 2.05) is 13.8 Å². The minimum absolute atomic E-state index is 0.297. The predicted molar refractivity (Wildman–Crippen MR) is 76.5 cm³/mol. The molecule has 2 saturated carbocycles. The van der Waals surface area contributed by atoms with E-state index in [-0.39, 0.29) is 0 Å². The van der Waals surface area contributed by atoms with Crippen LogP contribution in [-0.4, -0.2) is 16.8 Å². The predicted octanol–water partition coefficient (Wildman–Crippen LogP) is 4.30. The van der Waals surface area contributed by atoms with Gasteiger partial charge in [0.2, 0.25) is 0 Å². The maximum absolute atomic E-state index is 9.36. The molecule has 2 nitrogen and oxygen atoms in total. The van der Waals surface area contributed by atoms with Crippen LogP contribution in [0.3, 0.4) is 0 Å². The van der Waals surface area contributed by atoms with E-state index in [1.165, 1.54) is 37.5 Å². The van der Waals surface area contributed by atoms with Gasteiger partial charge < -0.3 is 10.2 Å². The van der Waals surface area contributed by atoms with Crippen LogP contribution in [0.2, 0.25) is 0 Å². The highest BCUT2D eigenvalue weighted by Crippen LogP contribution is 2.59. The molecule has 2 aliphatic rings. The summed E-state index contributed by atoms with van der Waals surface area (Å²) >= 11 is 0. The van der Waals surface area contributed by atoms with Gasteiger partial charge in [0.1, 0.15) is 0 Å². The summed E-state index contributed by atoms with van der Waals surface area (Å²) in [5.41, 5.74) is 1.57. The van der Waals surface area contributed by atoms with Gasteiger partial charge in [0.05, 0.1) is 6.26 Å². The molecule has 0 amide bonds. The van der Waals surface area contributed by atoms with Crippen molar-refractivity contribution < 1.29 is 10.2 Å². The minimum atomic E-state index is 0.297. The highest BCUT2D eigenvalue weighted by Gasteiger charge is 2.50. The fraction of sp³-hybridized carbons (Fsp3) is 0.875. The molecule has 106 valence electrons. The van der Waals surface area contributed by atoms with Crippen molar-refractivity contribution in [2.45, 2.75) is 59.8 Å². The average molecular weight is 254 g/mol. The zero-order valence-electron chi connectivity index (χ0n) is 12.4. The Morgan fingerprint density at radius 1 is 1.39 bits per heavy atom. The molecule has 0 aromatic heterocycles. The number of allylic oxidation sites excluding steroid dienone is 1. The number of aliphatic hydroxyl groups excluding tert-OH is 2. The van der Waals surface area contributed by atoms with E-state index in [4.69, 9.17) is 0 Å². The van der Waals surface area contributed by atoms with Gasteiger partial charge in [0, 0.05) is 6.61 Å². The highest BCUT2D eigenvalue weighted by molar-refractivity contribution is 5.16. The van der Waals surface area contributed by atoms with E-state index in [0.717, 1.165) is 6.42 Å². The Hall–Kier alpha value is -0.500. The second kappa shape index (κ2) is 6.60. The van der Waals surface area contributed by atoms with Gasteiger partial charge in [-0.3, -0.25) is 0 Å². The molecule has 4 atom stereocenters. The molecule has 0 aromatic carbocycles. The third kappa shape index (κ3) is 2.59. The van der Waals surface area contributed by atoms with Crippen LogP contribution in [0.25, 0.3) is 0 Å². The number of aliphatic hydroxyl groups is 2. The third-order valence-corrected chi connectivity index (χ3v) is 5.18. The highest BCUT2D eigenvalue weighted by atomic mass is 16.3. The fourth-order valence-corrected chi connectivity index (χ4v) is 4.30. The summed E-state index contributed by atoms with van der Waals surface area (Å²) < 4.78 is 0. The molecule has 0 aromatic rings. The van der Waals surface area contributed by atoms with E-state index < -0.39 is 0 Å². The maximum Gasteiger partial charge on any atom is 0.0786 e. The van der Waals surface area contributed by atoms with Gasteiger partial charge in [0.15, 0.2) is 0 Å². The molecule has 0 heterocycles. The molecule has 0 spiro atoms. The summed E-state index contributed by atoms with van der Waals surface area (Å²) in [6.45, 7) is 8.82. The van der Waals surface area contributed by atoms with Gasteiger partial charge >= 0.3 is 0 Å². The van der Waals surface area contributed by atoms with E-state index in [1.54, 1.807) is 0 Å². The largest absolute Gasteiger partial charge is 0.516 e. The molecular formula is C16H30O2. The monoisotopic (exact) mass is 254 g/mol. The van der Waals surface area contributed by atoms with E-state index >= 15 is 0 Å². The third-order valence-electron chi connectivity index (χ3n) is 5.18. The van der Waals surface area contributed by atoms with E-state index in [0.29, 0.717) is 29.8 Å². The molecule has 0 aliphatic heterocycles. The van der Waals surface area contributed by atoms with Crippen LogP contribution < -0.4 is 0 Å². The van der Waals surface area contributed by atoms with Crippen molar-refractivity contribution in [1.82, 2.24) is 0 Å². The van der Waals surface area contributed by atoms with Crippen molar-refractivity contribution in [3.05, 3.63) is 11.8 Å². The Labute approximate surface area is 112 Å². The molecule has 2 rings (SSSR count). The molecule has 2 heteroatoms. The molecule has 2 aliphatic carbocycles. The first-order valence-electron chi connectivity index (χ1n) is 7.57. The second-order valence-electron chi connectivity index (χ2n) is 5.96. The molecular weight excluding hydrogens is 224 g/mol. The lowest BCUT2D eigenvalue weighted by Gasteiger charge is -2.43. The molecule has 2 N–H and O–H groups in total. The van der Waals surface area contributed by atoms with Gasteiger partial charge in [-0.05, 0) is 60.8 Å². The Morgan fingerprint density at radius 2 is 2.06 bits per heavy atom. The summed E-state index contributed by atoms with van der Waals surface area (Å²) in [6.07, 6.45) is 7.27. The van der Waals surface area contributed by atoms with Crippen LogP contribution in [0.1, 0.15) is 59.8 Å². The van der Waals surface area contributed by atoms with Crippen molar-refractivity contribution in [3.63, 3.8) is 0 Å². The van der Waals surface area contributed by atoms with Crippen LogP contribution >= 0.6 is 0 Å².